The van der Waals surface area contributed by atoms with Crippen LogP contribution in [0.3, 0.4) is 0 Å². The maximum Gasteiger partial charge on any atom is 0.127 e. The van der Waals surface area contributed by atoms with Gasteiger partial charge in [-0.15, -0.1) is 0 Å². The lowest BCUT2D eigenvalue weighted by Gasteiger charge is -2.12. The smallest absolute Gasteiger partial charge is 0.127 e. The summed E-state index contributed by atoms with van der Waals surface area (Å²) in [6.45, 7) is 0.651. The SMILES string of the molecule is COc1ccc(Cn2ccc3cc(Cl)cc(Cl)c32)c(OC)c1. The first-order valence-electron chi connectivity index (χ1n) is 6.77. The minimum absolute atomic E-state index is 0.636. The summed E-state index contributed by atoms with van der Waals surface area (Å²) in [6.07, 6.45) is 2.00. The molecule has 0 N–H and O–H groups in total. The van der Waals surface area contributed by atoms with Gasteiger partial charge in [-0.1, -0.05) is 23.2 Å². The van der Waals surface area contributed by atoms with E-state index in [9.17, 15) is 0 Å². The van der Waals surface area contributed by atoms with Crippen molar-refractivity contribution in [1.82, 2.24) is 4.57 Å². The molecule has 0 aliphatic heterocycles. The molecule has 0 amide bonds. The van der Waals surface area contributed by atoms with E-state index in [2.05, 4.69) is 4.57 Å². The number of nitrogens with zero attached hydrogens (tertiary/aromatic N) is 1. The van der Waals surface area contributed by atoms with Gasteiger partial charge in [-0.25, -0.2) is 0 Å². The Labute approximate surface area is 139 Å². The van der Waals surface area contributed by atoms with Crippen LogP contribution in [0.15, 0.2) is 42.6 Å². The molecule has 0 atom stereocenters. The highest BCUT2D eigenvalue weighted by molar-refractivity contribution is 6.38. The molecule has 0 unspecified atom stereocenters. The van der Waals surface area contributed by atoms with Gasteiger partial charge < -0.3 is 14.0 Å². The highest BCUT2D eigenvalue weighted by Gasteiger charge is 2.10. The number of benzene rings is 2. The van der Waals surface area contributed by atoms with Crippen LogP contribution in [0.5, 0.6) is 11.5 Å². The predicted octanol–water partition coefficient (Wildman–Crippen LogP) is 5.01. The van der Waals surface area contributed by atoms with E-state index in [1.54, 1.807) is 20.3 Å². The molecule has 3 rings (SSSR count). The maximum atomic E-state index is 6.34. The zero-order valence-corrected chi connectivity index (χ0v) is 13.8. The summed E-state index contributed by atoms with van der Waals surface area (Å²) in [5.74, 6) is 1.55. The quantitative estimate of drug-likeness (QED) is 0.668. The summed E-state index contributed by atoms with van der Waals surface area (Å²) >= 11 is 12.4. The molecule has 1 heterocycles. The molecule has 3 nitrogen and oxygen atoms in total. The highest BCUT2D eigenvalue weighted by atomic mass is 35.5. The van der Waals surface area contributed by atoms with Crippen LogP contribution in [0.1, 0.15) is 5.56 Å². The highest BCUT2D eigenvalue weighted by Crippen LogP contribution is 2.31. The number of methoxy groups -OCH3 is 2. The lowest BCUT2D eigenvalue weighted by Crippen LogP contribution is -2.01. The number of hydrogen-bond acceptors (Lipinski definition) is 2. The van der Waals surface area contributed by atoms with Crippen molar-refractivity contribution < 1.29 is 9.47 Å². The van der Waals surface area contributed by atoms with Crippen molar-refractivity contribution in [3.8, 4) is 11.5 Å². The fraction of sp³-hybridized carbons (Fsp3) is 0.176. The fourth-order valence-electron chi connectivity index (χ4n) is 2.56. The Morgan fingerprint density at radius 3 is 2.55 bits per heavy atom. The Kier molecular flexibility index (Phi) is 4.19. The van der Waals surface area contributed by atoms with Crippen LogP contribution >= 0.6 is 23.2 Å². The third-order valence-electron chi connectivity index (χ3n) is 3.61. The van der Waals surface area contributed by atoms with E-state index in [4.69, 9.17) is 32.7 Å². The average Bonchev–Trinajstić information content (AvgIpc) is 2.90. The van der Waals surface area contributed by atoms with E-state index < -0.39 is 0 Å². The van der Waals surface area contributed by atoms with Gasteiger partial charge in [-0.05, 0) is 30.3 Å². The van der Waals surface area contributed by atoms with E-state index in [-0.39, 0.29) is 0 Å². The Hall–Kier alpha value is -1.84. The number of fused-ring (bicyclic) bond motifs is 1. The van der Waals surface area contributed by atoms with Gasteiger partial charge in [0.1, 0.15) is 11.5 Å². The number of halogens is 2. The second kappa shape index (κ2) is 6.11. The monoisotopic (exact) mass is 335 g/mol. The lowest BCUT2D eigenvalue weighted by molar-refractivity contribution is 0.390. The van der Waals surface area contributed by atoms with E-state index in [1.807, 2.05) is 36.5 Å². The molecule has 2 aromatic carbocycles. The summed E-state index contributed by atoms with van der Waals surface area (Å²) in [4.78, 5) is 0. The molecule has 0 saturated carbocycles. The minimum atomic E-state index is 0.636. The van der Waals surface area contributed by atoms with Crippen molar-refractivity contribution in [3.63, 3.8) is 0 Å². The zero-order chi connectivity index (χ0) is 15.7. The summed E-state index contributed by atoms with van der Waals surface area (Å²) in [6, 6.07) is 11.5. The number of rotatable bonds is 4. The molecule has 0 saturated heterocycles. The van der Waals surface area contributed by atoms with Gasteiger partial charge in [-0.3, -0.25) is 0 Å². The lowest BCUT2D eigenvalue weighted by atomic mass is 10.2. The second-order valence-corrected chi connectivity index (χ2v) is 5.79. The Morgan fingerprint density at radius 2 is 1.82 bits per heavy atom. The molecular weight excluding hydrogens is 321 g/mol. The van der Waals surface area contributed by atoms with E-state index in [0.717, 1.165) is 28.0 Å². The Morgan fingerprint density at radius 1 is 1.00 bits per heavy atom. The molecule has 0 bridgehead atoms. The first-order chi connectivity index (χ1) is 10.6. The van der Waals surface area contributed by atoms with Crippen LogP contribution in [0, 0.1) is 0 Å². The maximum absolute atomic E-state index is 6.34. The molecule has 114 valence electrons. The van der Waals surface area contributed by atoms with Crippen molar-refractivity contribution in [1.29, 1.82) is 0 Å². The standard InChI is InChI=1S/C17H15Cl2NO2/c1-21-14-4-3-12(16(9-14)22-2)10-20-6-5-11-7-13(18)8-15(19)17(11)20/h3-9H,10H2,1-2H3. The summed E-state index contributed by atoms with van der Waals surface area (Å²) < 4.78 is 12.8. The zero-order valence-electron chi connectivity index (χ0n) is 12.3. The number of ether oxygens (including phenoxy) is 2. The largest absolute Gasteiger partial charge is 0.497 e. The summed E-state index contributed by atoms with van der Waals surface area (Å²) in [5.41, 5.74) is 2.01. The first kappa shape index (κ1) is 15.1. The van der Waals surface area contributed by atoms with Gasteiger partial charge in [0.25, 0.3) is 0 Å². The van der Waals surface area contributed by atoms with E-state index >= 15 is 0 Å². The van der Waals surface area contributed by atoms with Crippen molar-refractivity contribution in [2.75, 3.05) is 14.2 Å². The van der Waals surface area contributed by atoms with Gasteiger partial charge in [0.2, 0.25) is 0 Å². The van der Waals surface area contributed by atoms with Crippen molar-refractivity contribution in [2.24, 2.45) is 0 Å². The third-order valence-corrected chi connectivity index (χ3v) is 4.12. The molecule has 0 aliphatic carbocycles. The van der Waals surface area contributed by atoms with Crippen LogP contribution in [-0.2, 0) is 6.54 Å². The number of aromatic nitrogens is 1. The van der Waals surface area contributed by atoms with E-state index in [0.29, 0.717) is 16.6 Å². The van der Waals surface area contributed by atoms with Gasteiger partial charge in [0, 0.05) is 28.2 Å². The van der Waals surface area contributed by atoms with Crippen molar-refractivity contribution in [2.45, 2.75) is 6.54 Å². The topological polar surface area (TPSA) is 23.4 Å². The molecule has 0 radical (unpaired) electrons. The Balaban J connectivity index is 2.04. The van der Waals surface area contributed by atoms with Crippen LogP contribution in [-0.4, -0.2) is 18.8 Å². The van der Waals surface area contributed by atoms with Crippen LogP contribution in [0.4, 0.5) is 0 Å². The summed E-state index contributed by atoms with van der Waals surface area (Å²) in [7, 11) is 3.29. The number of hydrogen-bond donors (Lipinski definition) is 0. The van der Waals surface area contributed by atoms with E-state index in [1.165, 1.54) is 0 Å². The van der Waals surface area contributed by atoms with Crippen LogP contribution < -0.4 is 9.47 Å². The van der Waals surface area contributed by atoms with Crippen LogP contribution in [0.25, 0.3) is 10.9 Å². The molecule has 0 aliphatic rings. The third kappa shape index (κ3) is 2.74. The molecular formula is C17H15Cl2NO2. The van der Waals surface area contributed by atoms with Gasteiger partial charge in [0.05, 0.1) is 31.3 Å². The van der Waals surface area contributed by atoms with Gasteiger partial charge in [0.15, 0.2) is 0 Å². The molecule has 0 fully saturated rings. The normalized spacial score (nSPS) is 10.9. The minimum Gasteiger partial charge on any atom is -0.497 e. The molecule has 1 aromatic heterocycles. The second-order valence-electron chi connectivity index (χ2n) is 4.95. The first-order valence-corrected chi connectivity index (χ1v) is 7.52. The molecule has 0 spiro atoms. The molecule has 5 heteroatoms. The van der Waals surface area contributed by atoms with Crippen LogP contribution in [0.2, 0.25) is 10.0 Å². The van der Waals surface area contributed by atoms with Gasteiger partial charge in [-0.2, -0.15) is 0 Å². The Bertz CT molecular complexity index is 827. The van der Waals surface area contributed by atoms with Gasteiger partial charge >= 0.3 is 0 Å². The van der Waals surface area contributed by atoms with Crippen molar-refractivity contribution in [3.05, 3.63) is 58.2 Å². The van der Waals surface area contributed by atoms with Crippen molar-refractivity contribution >= 4 is 34.1 Å². The average molecular weight is 336 g/mol. The fourth-order valence-corrected chi connectivity index (χ4v) is 3.18. The molecule has 3 aromatic rings. The summed E-state index contributed by atoms with van der Waals surface area (Å²) in [5, 5.41) is 2.29. The predicted molar refractivity (Wildman–Crippen MR) is 90.6 cm³/mol. The molecule has 22 heavy (non-hydrogen) atoms.